The van der Waals surface area contributed by atoms with Gasteiger partial charge < -0.3 is 4.57 Å². The van der Waals surface area contributed by atoms with Crippen LogP contribution in [-0.4, -0.2) is 23.7 Å². The van der Waals surface area contributed by atoms with Crippen LogP contribution in [0.2, 0.25) is 0 Å². The van der Waals surface area contributed by atoms with Crippen LogP contribution in [-0.2, 0) is 16.6 Å². The molecule has 0 unspecified atom stereocenters. The van der Waals surface area contributed by atoms with E-state index >= 15 is 0 Å². The van der Waals surface area contributed by atoms with Crippen LogP contribution in [0.5, 0.6) is 0 Å². The number of hydrogen-bond donors (Lipinski definition) is 1. The molecule has 134 valence electrons. The molecule has 0 atom stereocenters. The molecule has 0 amide bonds. The van der Waals surface area contributed by atoms with Crippen molar-refractivity contribution >= 4 is 27.5 Å². The second kappa shape index (κ2) is 6.40. The minimum atomic E-state index is -4.07. The second-order valence-corrected chi connectivity index (χ2v) is 8.42. The Morgan fingerprint density at radius 2 is 1.92 bits per heavy atom. The molecule has 2 heterocycles. The Bertz CT molecular complexity index is 1080. The van der Waals surface area contributed by atoms with E-state index in [1.165, 1.54) is 0 Å². The highest BCUT2D eigenvalue weighted by atomic mass is 32.2. The zero-order valence-corrected chi connectivity index (χ0v) is 14.9. The number of thioether (sulfide) groups is 1. The lowest BCUT2D eigenvalue weighted by atomic mass is 10.1. The second-order valence-electron chi connectivity index (χ2n) is 5.68. The van der Waals surface area contributed by atoms with Gasteiger partial charge in [0.1, 0.15) is 0 Å². The molecule has 0 spiro atoms. The molecular formula is C17H13F2N3O2S2. The topological polar surface area (TPSA) is 64.0 Å². The molecule has 0 radical (unpaired) electrons. The molecule has 1 aromatic heterocycles. The number of benzene rings is 2. The smallest absolute Gasteiger partial charge is 0.262 e. The predicted octanol–water partition coefficient (Wildman–Crippen LogP) is 3.73. The zero-order valence-electron chi connectivity index (χ0n) is 13.3. The Hall–Kier alpha value is -2.39. The summed E-state index contributed by atoms with van der Waals surface area (Å²) in [6.07, 6.45) is 1.88. The van der Waals surface area contributed by atoms with Crippen molar-refractivity contribution in [3.63, 3.8) is 0 Å². The summed E-state index contributed by atoms with van der Waals surface area (Å²) in [5.41, 5.74) is 1.58. The fourth-order valence-corrected chi connectivity index (χ4v) is 4.72. The number of rotatable bonds is 4. The maximum Gasteiger partial charge on any atom is 0.262 e. The first-order valence-electron chi connectivity index (χ1n) is 7.71. The molecular weight excluding hydrogens is 380 g/mol. The van der Waals surface area contributed by atoms with Crippen molar-refractivity contribution in [1.29, 1.82) is 0 Å². The lowest BCUT2D eigenvalue weighted by Crippen LogP contribution is -2.14. The zero-order chi connectivity index (χ0) is 18.3. The van der Waals surface area contributed by atoms with Crippen LogP contribution in [0.15, 0.2) is 58.7 Å². The van der Waals surface area contributed by atoms with Crippen LogP contribution < -0.4 is 4.72 Å². The van der Waals surface area contributed by atoms with Crippen molar-refractivity contribution in [3.05, 3.63) is 60.3 Å². The number of fused-ring (bicyclic) bond motifs is 1. The molecule has 0 aliphatic carbocycles. The normalized spacial score (nSPS) is 13.6. The molecule has 3 aromatic rings. The van der Waals surface area contributed by atoms with Crippen LogP contribution in [0.1, 0.15) is 0 Å². The van der Waals surface area contributed by atoms with E-state index in [0.717, 1.165) is 29.6 Å². The van der Waals surface area contributed by atoms with Gasteiger partial charge in [-0.3, -0.25) is 4.72 Å². The number of para-hydroxylation sites is 1. The van der Waals surface area contributed by atoms with E-state index in [0.29, 0.717) is 23.0 Å². The van der Waals surface area contributed by atoms with Gasteiger partial charge in [-0.15, -0.1) is 0 Å². The molecule has 0 bridgehead atoms. The van der Waals surface area contributed by atoms with E-state index in [-0.39, 0.29) is 4.90 Å². The number of imidazole rings is 1. The van der Waals surface area contributed by atoms with Crippen LogP contribution in [0.25, 0.3) is 11.3 Å². The van der Waals surface area contributed by atoms with Crippen LogP contribution in [0.3, 0.4) is 0 Å². The maximum absolute atomic E-state index is 13.4. The highest BCUT2D eigenvalue weighted by Gasteiger charge is 2.21. The molecule has 1 aliphatic rings. The summed E-state index contributed by atoms with van der Waals surface area (Å²) < 4.78 is 56.0. The summed E-state index contributed by atoms with van der Waals surface area (Å²) in [6, 6.07) is 9.28. The molecule has 1 N–H and O–H groups in total. The van der Waals surface area contributed by atoms with Crippen molar-refractivity contribution in [2.75, 3.05) is 10.5 Å². The molecule has 0 fully saturated rings. The fraction of sp³-hybridized carbons (Fsp3) is 0.118. The third kappa shape index (κ3) is 3.08. The average molecular weight is 393 g/mol. The van der Waals surface area contributed by atoms with Crippen molar-refractivity contribution in [1.82, 2.24) is 9.55 Å². The molecule has 26 heavy (non-hydrogen) atoms. The van der Waals surface area contributed by atoms with Gasteiger partial charge >= 0.3 is 0 Å². The van der Waals surface area contributed by atoms with Gasteiger partial charge in [0.2, 0.25) is 0 Å². The summed E-state index contributed by atoms with van der Waals surface area (Å²) in [4.78, 5) is 4.18. The molecule has 0 saturated heterocycles. The molecule has 0 saturated carbocycles. The van der Waals surface area contributed by atoms with Crippen LogP contribution >= 0.6 is 11.8 Å². The number of hydrogen-bond acceptors (Lipinski definition) is 4. The number of aromatic nitrogens is 2. The first-order chi connectivity index (χ1) is 12.4. The summed E-state index contributed by atoms with van der Waals surface area (Å²) in [5, 5.41) is 0.887. The van der Waals surface area contributed by atoms with Crippen molar-refractivity contribution in [2.45, 2.75) is 16.6 Å². The average Bonchev–Trinajstić information content (AvgIpc) is 3.19. The first kappa shape index (κ1) is 17.0. The van der Waals surface area contributed by atoms with Gasteiger partial charge in [0.25, 0.3) is 10.0 Å². The minimum Gasteiger partial charge on any atom is -0.325 e. The molecule has 5 nitrogen and oxygen atoms in total. The monoisotopic (exact) mass is 393 g/mol. The highest BCUT2D eigenvalue weighted by Crippen LogP contribution is 2.33. The Morgan fingerprint density at radius 1 is 1.12 bits per heavy atom. The third-order valence-corrected chi connectivity index (χ3v) is 6.29. The maximum atomic E-state index is 13.4. The quantitative estimate of drug-likeness (QED) is 0.734. The lowest BCUT2D eigenvalue weighted by molar-refractivity contribution is 0.504. The summed E-state index contributed by atoms with van der Waals surface area (Å²) >= 11 is 1.64. The van der Waals surface area contributed by atoms with Crippen LogP contribution in [0.4, 0.5) is 14.5 Å². The molecule has 9 heteroatoms. The standard InChI is InChI=1S/C17H13F2N3O2S2/c18-13-6-5-11(9-14(13)19)26(23,24)21-15-4-2-1-3-12(15)16-10-22-7-8-25-17(22)20-16/h1-6,9-10,21H,7-8H2. The van der Waals surface area contributed by atoms with Gasteiger partial charge in [0, 0.05) is 24.1 Å². The third-order valence-electron chi connectivity index (χ3n) is 3.95. The van der Waals surface area contributed by atoms with E-state index in [1.807, 2.05) is 10.8 Å². The number of nitrogens with zero attached hydrogens (tertiary/aromatic N) is 2. The largest absolute Gasteiger partial charge is 0.325 e. The number of anilines is 1. The van der Waals surface area contributed by atoms with Gasteiger partial charge in [-0.1, -0.05) is 30.0 Å². The summed E-state index contributed by atoms with van der Waals surface area (Å²) in [5.74, 6) is -1.36. The Morgan fingerprint density at radius 3 is 2.69 bits per heavy atom. The summed E-state index contributed by atoms with van der Waals surface area (Å²) in [7, 11) is -4.07. The van der Waals surface area contributed by atoms with E-state index in [4.69, 9.17) is 0 Å². The van der Waals surface area contributed by atoms with Gasteiger partial charge in [0.15, 0.2) is 16.8 Å². The lowest BCUT2D eigenvalue weighted by Gasteiger charge is -2.12. The number of nitrogens with one attached hydrogen (secondary N) is 1. The molecule has 2 aromatic carbocycles. The Kier molecular flexibility index (Phi) is 4.20. The van der Waals surface area contributed by atoms with E-state index in [9.17, 15) is 17.2 Å². The van der Waals surface area contributed by atoms with Crippen LogP contribution in [0, 0.1) is 11.6 Å². The highest BCUT2D eigenvalue weighted by molar-refractivity contribution is 7.99. The number of aryl methyl sites for hydroxylation is 1. The molecule has 4 rings (SSSR count). The van der Waals surface area contributed by atoms with Crippen molar-refractivity contribution in [2.24, 2.45) is 0 Å². The SMILES string of the molecule is O=S(=O)(Nc1ccccc1-c1cn2c(n1)SCC2)c1ccc(F)c(F)c1. The Balaban J connectivity index is 1.71. The van der Waals surface area contributed by atoms with E-state index in [1.54, 1.807) is 36.0 Å². The van der Waals surface area contributed by atoms with Gasteiger partial charge in [0.05, 0.1) is 16.3 Å². The van der Waals surface area contributed by atoms with Gasteiger partial charge in [-0.05, 0) is 24.3 Å². The minimum absolute atomic E-state index is 0.319. The van der Waals surface area contributed by atoms with Gasteiger partial charge in [-0.25, -0.2) is 22.2 Å². The van der Waals surface area contributed by atoms with E-state index in [2.05, 4.69) is 9.71 Å². The fourth-order valence-electron chi connectivity index (χ4n) is 2.68. The number of sulfonamides is 1. The van der Waals surface area contributed by atoms with E-state index < -0.39 is 21.7 Å². The Labute approximate surface area is 153 Å². The first-order valence-corrected chi connectivity index (χ1v) is 10.2. The van der Waals surface area contributed by atoms with Crippen molar-refractivity contribution < 1.29 is 17.2 Å². The van der Waals surface area contributed by atoms with Crippen molar-refractivity contribution in [3.8, 4) is 11.3 Å². The molecule has 1 aliphatic heterocycles. The number of halogens is 2. The van der Waals surface area contributed by atoms with Gasteiger partial charge in [-0.2, -0.15) is 0 Å². The predicted molar refractivity (Wildman–Crippen MR) is 95.6 cm³/mol. The summed E-state index contributed by atoms with van der Waals surface area (Å²) in [6.45, 7) is 0.857.